The Balaban J connectivity index is 2.21. The van der Waals surface area contributed by atoms with Crippen molar-refractivity contribution < 1.29 is 8.78 Å². The van der Waals surface area contributed by atoms with Crippen molar-refractivity contribution in [2.24, 2.45) is 7.05 Å². The van der Waals surface area contributed by atoms with Crippen molar-refractivity contribution in [1.82, 2.24) is 20.0 Å². The van der Waals surface area contributed by atoms with Crippen LogP contribution in [0.4, 0.5) is 14.6 Å². The van der Waals surface area contributed by atoms with E-state index in [2.05, 4.69) is 15.3 Å². The van der Waals surface area contributed by atoms with E-state index < -0.39 is 11.6 Å². The van der Waals surface area contributed by atoms with E-state index in [0.29, 0.717) is 22.5 Å². The third kappa shape index (κ3) is 2.03. The minimum Gasteiger partial charge on any atom is -0.382 e. The summed E-state index contributed by atoms with van der Waals surface area (Å²) in [5.74, 6) is -1.18. The molecule has 0 aliphatic rings. The fraction of sp³-hybridized carbons (Fsp3) is 0.0769. The number of nitrogens with zero attached hydrogens (tertiary/aromatic N) is 3. The molecule has 0 saturated carbocycles. The van der Waals surface area contributed by atoms with Gasteiger partial charge in [-0.15, -0.1) is 0 Å². The summed E-state index contributed by atoms with van der Waals surface area (Å²) in [6, 6.07) is 4.97. The quantitative estimate of drug-likeness (QED) is 0.754. The summed E-state index contributed by atoms with van der Waals surface area (Å²) in [7, 11) is 1.77. The van der Waals surface area contributed by atoms with E-state index in [9.17, 15) is 8.78 Å². The maximum atomic E-state index is 13.4. The molecule has 3 N–H and O–H groups in total. The zero-order chi connectivity index (χ0) is 14.3. The van der Waals surface area contributed by atoms with Gasteiger partial charge in [-0.3, -0.25) is 9.78 Å². The van der Waals surface area contributed by atoms with Gasteiger partial charge in [0.15, 0.2) is 5.82 Å². The molecule has 5 nitrogen and oxygen atoms in total. The zero-order valence-corrected chi connectivity index (χ0v) is 10.6. The molecule has 0 atom stereocenters. The number of anilines is 1. The van der Waals surface area contributed by atoms with Gasteiger partial charge in [0, 0.05) is 19.3 Å². The fourth-order valence-corrected chi connectivity index (χ4v) is 2.08. The van der Waals surface area contributed by atoms with Gasteiger partial charge in [-0.2, -0.15) is 10.2 Å². The van der Waals surface area contributed by atoms with E-state index in [1.54, 1.807) is 24.0 Å². The second-order valence-electron chi connectivity index (χ2n) is 4.39. The highest BCUT2D eigenvalue weighted by molar-refractivity contribution is 5.86. The molecule has 2 aromatic heterocycles. The third-order valence-corrected chi connectivity index (χ3v) is 2.92. The number of hydrogen-bond acceptors (Lipinski definition) is 3. The van der Waals surface area contributed by atoms with Crippen LogP contribution < -0.4 is 5.73 Å². The Morgan fingerprint density at radius 3 is 2.50 bits per heavy atom. The number of nitrogens with two attached hydrogens (primary N) is 1. The number of aromatic amines is 1. The minimum atomic E-state index is -0.674. The molecule has 1 aromatic carbocycles. The first kappa shape index (κ1) is 12.3. The van der Waals surface area contributed by atoms with Crippen LogP contribution in [0.15, 0.2) is 30.5 Å². The molecule has 0 aliphatic heterocycles. The van der Waals surface area contributed by atoms with E-state index in [1.807, 2.05) is 0 Å². The average Bonchev–Trinajstić information content (AvgIpc) is 2.94. The smallest absolute Gasteiger partial charge is 0.153 e. The molecule has 3 rings (SSSR count). The van der Waals surface area contributed by atoms with Crippen LogP contribution in [-0.4, -0.2) is 20.0 Å². The lowest BCUT2D eigenvalue weighted by Crippen LogP contribution is -1.92. The Morgan fingerprint density at radius 1 is 1.20 bits per heavy atom. The Kier molecular flexibility index (Phi) is 2.74. The maximum absolute atomic E-state index is 13.4. The van der Waals surface area contributed by atoms with Gasteiger partial charge in [0.05, 0.1) is 11.3 Å². The lowest BCUT2D eigenvalue weighted by Gasteiger charge is -2.03. The first-order valence-corrected chi connectivity index (χ1v) is 5.85. The molecule has 0 spiro atoms. The third-order valence-electron chi connectivity index (χ3n) is 2.92. The van der Waals surface area contributed by atoms with Gasteiger partial charge in [-0.25, -0.2) is 8.78 Å². The summed E-state index contributed by atoms with van der Waals surface area (Å²) >= 11 is 0. The van der Waals surface area contributed by atoms with Gasteiger partial charge in [-0.1, -0.05) is 0 Å². The van der Waals surface area contributed by atoms with Crippen LogP contribution in [0.25, 0.3) is 22.5 Å². The SMILES string of the molecule is Cn1ccc(-c2[nH]nc(N)c2-c2cc(F)cc(F)c2)n1. The van der Waals surface area contributed by atoms with Gasteiger partial charge in [0.2, 0.25) is 0 Å². The lowest BCUT2D eigenvalue weighted by molar-refractivity contribution is 0.584. The van der Waals surface area contributed by atoms with Crippen molar-refractivity contribution in [2.75, 3.05) is 5.73 Å². The van der Waals surface area contributed by atoms with Crippen LogP contribution in [0.3, 0.4) is 0 Å². The molecular weight excluding hydrogens is 264 g/mol. The van der Waals surface area contributed by atoms with Crippen LogP contribution in [0.1, 0.15) is 0 Å². The molecule has 0 amide bonds. The first-order valence-electron chi connectivity index (χ1n) is 5.85. The summed E-state index contributed by atoms with van der Waals surface area (Å²) in [5.41, 5.74) is 7.66. The van der Waals surface area contributed by atoms with Gasteiger partial charge in [0.1, 0.15) is 17.3 Å². The number of halogens is 2. The van der Waals surface area contributed by atoms with Gasteiger partial charge >= 0.3 is 0 Å². The first-order chi connectivity index (χ1) is 9.54. The number of H-pyrrole nitrogens is 1. The Labute approximate surface area is 113 Å². The molecular formula is C13H11F2N5. The Hall–Kier alpha value is -2.70. The van der Waals surface area contributed by atoms with Crippen molar-refractivity contribution in [1.29, 1.82) is 0 Å². The molecule has 3 aromatic rings. The normalized spacial score (nSPS) is 10.9. The number of aromatic nitrogens is 4. The van der Waals surface area contributed by atoms with Crippen molar-refractivity contribution in [3.63, 3.8) is 0 Å². The molecule has 0 unspecified atom stereocenters. The predicted octanol–water partition coefficient (Wildman–Crippen LogP) is 2.34. The standard InChI is InChI=1S/C13H11F2N5/c1-20-3-2-10(19-20)12-11(13(16)18-17-12)7-4-8(14)6-9(15)5-7/h2-6H,1H3,(H3,16,17,18). The molecule has 20 heavy (non-hydrogen) atoms. The number of rotatable bonds is 2. The summed E-state index contributed by atoms with van der Waals surface area (Å²) in [5, 5.41) is 10.9. The van der Waals surface area contributed by atoms with Crippen LogP contribution in [0.5, 0.6) is 0 Å². The lowest BCUT2D eigenvalue weighted by atomic mass is 10.0. The molecule has 0 bridgehead atoms. The molecule has 102 valence electrons. The second-order valence-corrected chi connectivity index (χ2v) is 4.39. The van der Waals surface area contributed by atoms with Gasteiger partial charge in [-0.05, 0) is 23.8 Å². The second kappa shape index (κ2) is 4.44. The number of nitrogens with one attached hydrogen (secondary N) is 1. The van der Waals surface area contributed by atoms with Crippen LogP contribution in [-0.2, 0) is 7.05 Å². The highest BCUT2D eigenvalue weighted by Crippen LogP contribution is 2.34. The zero-order valence-electron chi connectivity index (χ0n) is 10.6. The largest absolute Gasteiger partial charge is 0.382 e. The van der Waals surface area contributed by atoms with E-state index in [-0.39, 0.29) is 5.82 Å². The molecule has 7 heteroatoms. The molecule has 0 fully saturated rings. The van der Waals surface area contributed by atoms with E-state index in [1.165, 1.54) is 12.1 Å². The summed E-state index contributed by atoms with van der Waals surface area (Å²) in [6.45, 7) is 0. The fourth-order valence-electron chi connectivity index (χ4n) is 2.08. The van der Waals surface area contributed by atoms with Crippen molar-refractivity contribution in [3.8, 4) is 22.5 Å². The van der Waals surface area contributed by atoms with E-state index in [4.69, 9.17) is 5.73 Å². The van der Waals surface area contributed by atoms with Crippen molar-refractivity contribution in [3.05, 3.63) is 42.1 Å². The van der Waals surface area contributed by atoms with E-state index in [0.717, 1.165) is 6.07 Å². The monoisotopic (exact) mass is 275 g/mol. The minimum absolute atomic E-state index is 0.163. The number of aryl methyl sites for hydroxylation is 1. The maximum Gasteiger partial charge on any atom is 0.153 e. The number of benzene rings is 1. The van der Waals surface area contributed by atoms with Gasteiger partial charge < -0.3 is 5.73 Å². The number of nitrogen functional groups attached to an aromatic ring is 1. The Morgan fingerprint density at radius 2 is 1.90 bits per heavy atom. The summed E-state index contributed by atoms with van der Waals surface area (Å²) in [4.78, 5) is 0. The molecule has 0 aliphatic carbocycles. The highest BCUT2D eigenvalue weighted by Gasteiger charge is 2.17. The summed E-state index contributed by atoms with van der Waals surface area (Å²) in [6.07, 6.45) is 1.75. The average molecular weight is 275 g/mol. The topological polar surface area (TPSA) is 72.5 Å². The molecule has 0 saturated heterocycles. The predicted molar refractivity (Wildman–Crippen MR) is 70.6 cm³/mol. The van der Waals surface area contributed by atoms with Crippen LogP contribution >= 0.6 is 0 Å². The molecule has 2 heterocycles. The van der Waals surface area contributed by atoms with Crippen LogP contribution in [0.2, 0.25) is 0 Å². The number of hydrogen-bond donors (Lipinski definition) is 2. The van der Waals surface area contributed by atoms with E-state index >= 15 is 0 Å². The van der Waals surface area contributed by atoms with Crippen molar-refractivity contribution >= 4 is 5.82 Å². The summed E-state index contributed by atoms with van der Waals surface area (Å²) < 4.78 is 28.3. The van der Waals surface area contributed by atoms with Crippen LogP contribution in [0, 0.1) is 11.6 Å². The van der Waals surface area contributed by atoms with Gasteiger partial charge in [0.25, 0.3) is 0 Å². The van der Waals surface area contributed by atoms with Crippen molar-refractivity contribution in [2.45, 2.75) is 0 Å². The highest BCUT2D eigenvalue weighted by atomic mass is 19.1. The molecule has 0 radical (unpaired) electrons. The Bertz CT molecular complexity index is 755.